The van der Waals surface area contributed by atoms with Crippen LogP contribution in [0.5, 0.6) is 5.75 Å². The first-order chi connectivity index (χ1) is 8.69. The normalized spacial score (nSPS) is 11.4. The van der Waals surface area contributed by atoms with Crippen LogP contribution in [-0.2, 0) is 0 Å². The third-order valence-corrected chi connectivity index (χ3v) is 4.18. The fourth-order valence-corrected chi connectivity index (χ4v) is 2.62. The largest absolute Gasteiger partial charge is 0.497 e. The molecule has 0 atom stereocenters. The van der Waals surface area contributed by atoms with Crippen molar-refractivity contribution in [2.45, 2.75) is 0 Å². The van der Waals surface area contributed by atoms with Crippen molar-refractivity contribution in [3.63, 3.8) is 0 Å². The Labute approximate surface area is 135 Å². The summed E-state index contributed by atoms with van der Waals surface area (Å²) in [7, 11) is 1.68. The molecule has 0 aliphatic heterocycles. The van der Waals surface area contributed by atoms with E-state index in [-0.39, 0.29) is 0 Å². The fraction of sp³-hybridized carbons (Fsp3) is 0.0667. The first-order valence-electron chi connectivity index (χ1n) is 5.46. The second kappa shape index (κ2) is 6.56. The van der Waals surface area contributed by atoms with Crippen LogP contribution in [0.4, 0.5) is 0 Å². The summed E-state index contributed by atoms with van der Waals surface area (Å²) in [6.07, 6.45) is 2.18. The number of ether oxygens (including phenoxy) is 1. The van der Waals surface area contributed by atoms with Gasteiger partial charge in [-0.05, 0) is 86.7 Å². The number of hydrogen-bond donors (Lipinski definition) is 0. The van der Waals surface area contributed by atoms with Crippen LogP contribution in [0.3, 0.4) is 0 Å². The maximum Gasteiger partial charge on any atom is 0.118 e. The minimum Gasteiger partial charge on any atom is -0.497 e. The van der Waals surface area contributed by atoms with Gasteiger partial charge >= 0.3 is 0 Å². The minimum atomic E-state index is 0.886. The number of rotatable bonds is 3. The van der Waals surface area contributed by atoms with E-state index in [1.165, 1.54) is 18.3 Å². The molecule has 0 aromatic heterocycles. The van der Waals surface area contributed by atoms with Crippen molar-refractivity contribution in [1.29, 1.82) is 0 Å². The van der Waals surface area contributed by atoms with Crippen molar-refractivity contribution in [2.75, 3.05) is 7.11 Å². The number of methoxy groups -OCH3 is 1. The topological polar surface area (TPSA) is 9.23 Å². The highest BCUT2D eigenvalue weighted by molar-refractivity contribution is 14.1. The lowest BCUT2D eigenvalue weighted by Crippen LogP contribution is -1.83. The summed E-state index contributed by atoms with van der Waals surface area (Å²) in [4.78, 5) is 0. The van der Waals surface area contributed by atoms with Gasteiger partial charge in [-0.1, -0.05) is 24.3 Å². The molecule has 0 spiro atoms. The summed E-state index contributed by atoms with van der Waals surface area (Å²) < 4.78 is 7.63. The predicted octanol–water partition coefficient (Wildman–Crippen LogP) is 5.23. The van der Waals surface area contributed by atoms with Gasteiger partial charge in [0.1, 0.15) is 5.75 Å². The summed E-state index contributed by atoms with van der Waals surface area (Å²) in [6.45, 7) is 0. The van der Waals surface area contributed by atoms with Gasteiger partial charge in [-0.25, -0.2) is 0 Å². The van der Waals surface area contributed by atoms with Crippen molar-refractivity contribution in [3.05, 3.63) is 63.2 Å². The molecular formula is C15H12I2O. The van der Waals surface area contributed by atoms with Crippen molar-refractivity contribution in [1.82, 2.24) is 0 Å². The van der Waals surface area contributed by atoms with Gasteiger partial charge in [0.15, 0.2) is 0 Å². The van der Waals surface area contributed by atoms with Gasteiger partial charge in [-0.3, -0.25) is 0 Å². The standard InChI is InChI=1S/C15H12I2O/c1-18-14-8-4-12(5-9-14)15(17)10-11-2-6-13(16)7-3-11/h2-10H,1H3. The highest BCUT2D eigenvalue weighted by Gasteiger charge is 1.99. The third kappa shape index (κ3) is 3.71. The predicted molar refractivity (Wildman–Crippen MR) is 94.0 cm³/mol. The molecule has 0 heterocycles. The van der Waals surface area contributed by atoms with Gasteiger partial charge in [-0.15, -0.1) is 0 Å². The van der Waals surface area contributed by atoms with Crippen LogP contribution in [0.2, 0.25) is 0 Å². The van der Waals surface area contributed by atoms with Gasteiger partial charge in [0.25, 0.3) is 0 Å². The summed E-state index contributed by atoms with van der Waals surface area (Å²) in [5.74, 6) is 0.886. The molecule has 1 nitrogen and oxygen atoms in total. The van der Waals surface area contributed by atoms with Crippen LogP contribution in [0, 0.1) is 3.57 Å². The molecule has 0 aliphatic rings. The highest BCUT2D eigenvalue weighted by atomic mass is 127. The Morgan fingerprint density at radius 1 is 1.00 bits per heavy atom. The molecule has 2 rings (SSSR count). The van der Waals surface area contributed by atoms with Gasteiger partial charge in [0.05, 0.1) is 7.11 Å². The monoisotopic (exact) mass is 462 g/mol. The van der Waals surface area contributed by atoms with E-state index >= 15 is 0 Å². The van der Waals surface area contributed by atoms with E-state index < -0.39 is 0 Å². The van der Waals surface area contributed by atoms with Crippen LogP contribution in [0.1, 0.15) is 11.1 Å². The van der Waals surface area contributed by atoms with E-state index in [2.05, 4.69) is 87.7 Å². The number of hydrogen-bond acceptors (Lipinski definition) is 1. The van der Waals surface area contributed by atoms with Crippen molar-refractivity contribution in [2.24, 2.45) is 0 Å². The van der Waals surface area contributed by atoms with Gasteiger partial charge in [-0.2, -0.15) is 0 Å². The van der Waals surface area contributed by atoms with Gasteiger partial charge in [0.2, 0.25) is 0 Å². The van der Waals surface area contributed by atoms with E-state index in [4.69, 9.17) is 4.74 Å². The molecule has 0 saturated heterocycles. The van der Waals surface area contributed by atoms with E-state index in [0.29, 0.717) is 0 Å². The maximum atomic E-state index is 5.16. The Bertz CT molecular complexity index is 542. The molecule has 0 N–H and O–H groups in total. The molecule has 0 amide bonds. The summed E-state index contributed by atoms with van der Waals surface area (Å²) in [5.41, 5.74) is 2.42. The Balaban J connectivity index is 2.23. The molecule has 0 fully saturated rings. The van der Waals surface area contributed by atoms with Crippen LogP contribution in [0.15, 0.2) is 48.5 Å². The Morgan fingerprint density at radius 2 is 1.61 bits per heavy atom. The lowest BCUT2D eigenvalue weighted by molar-refractivity contribution is 0.415. The van der Waals surface area contributed by atoms with Gasteiger partial charge < -0.3 is 4.74 Å². The molecule has 0 bridgehead atoms. The first-order valence-corrected chi connectivity index (χ1v) is 7.62. The average Bonchev–Trinajstić information content (AvgIpc) is 2.41. The molecule has 18 heavy (non-hydrogen) atoms. The van der Waals surface area contributed by atoms with Crippen LogP contribution >= 0.6 is 45.2 Å². The summed E-state index contributed by atoms with van der Waals surface area (Å²) in [6, 6.07) is 16.6. The lowest BCUT2D eigenvalue weighted by Gasteiger charge is -2.03. The van der Waals surface area contributed by atoms with Crippen LogP contribution in [-0.4, -0.2) is 7.11 Å². The quantitative estimate of drug-likeness (QED) is 0.449. The van der Waals surface area contributed by atoms with E-state index in [9.17, 15) is 0 Å². The SMILES string of the molecule is COc1ccc(C(I)=Cc2ccc(I)cc2)cc1. The molecule has 0 saturated carbocycles. The molecular weight excluding hydrogens is 450 g/mol. The second-order valence-corrected chi connectivity index (χ2v) is 6.18. The third-order valence-electron chi connectivity index (χ3n) is 2.53. The maximum absolute atomic E-state index is 5.16. The molecule has 0 aliphatic carbocycles. The zero-order valence-corrected chi connectivity index (χ0v) is 14.2. The average molecular weight is 462 g/mol. The summed E-state index contributed by atoms with van der Waals surface area (Å²) in [5, 5.41) is 0. The van der Waals surface area contributed by atoms with Crippen molar-refractivity contribution >= 4 is 54.8 Å². The van der Waals surface area contributed by atoms with Crippen LogP contribution in [0.25, 0.3) is 9.66 Å². The minimum absolute atomic E-state index is 0.886. The van der Waals surface area contributed by atoms with E-state index in [0.717, 1.165) is 5.75 Å². The van der Waals surface area contributed by atoms with E-state index in [1.54, 1.807) is 7.11 Å². The first kappa shape index (κ1) is 13.9. The van der Waals surface area contributed by atoms with E-state index in [1.807, 2.05) is 12.1 Å². The zero-order chi connectivity index (χ0) is 13.0. The second-order valence-electron chi connectivity index (χ2n) is 3.77. The molecule has 2 aromatic rings. The van der Waals surface area contributed by atoms with Crippen molar-refractivity contribution in [3.8, 4) is 5.75 Å². The number of halogens is 2. The highest BCUT2D eigenvalue weighted by Crippen LogP contribution is 2.26. The smallest absolute Gasteiger partial charge is 0.118 e. The molecule has 0 unspecified atom stereocenters. The zero-order valence-electron chi connectivity index (χ0n) is 9.86. The summed E-state index contributed by atoms with van der Waals surface area (Å²) >= 11 is 4.67. The Morgan fingerprint density at radius 3 is 2.17 bits per heavy atom. The number of benzene rings is 2. The lowest BCUT2D eigenvalue weighted by atomic mass is 10.1. The molecule has 92 valence electrons. The van der Waals surface area contributed by atoms with Gasteiger partial charge in [0, 0.05) is 7.15 Å². The molecule has 2 aromatic carbocycles. The Kier molecular flexibility index (Phi) is 5.05. The fourth-order valence-electron chi connectivity index (χ4n) is 1.54. The van der Waals surface area contributed by atoms with Crippen molar-refractivity contribution < 1.29 is 4.74 Å². The molecule has 3 heteroatoms. The molecule has 0 radical (unpaired) electrons. The Hall–Kier alpha value is -0.560. The van der Waals surface area contributed by atoms with Crippen LogP contribution < -0.4 is 4.74 Å².